The lowest BCUT2D eigenvalue weighted by atomic mass is 9.85. The second-order valence-corrected chi connectivity index (χ2v) is 7.24. The van der Waals surface area contributed by atoms with E-state index in [0.717, 1.165) is 35.5 Å². The summed E-state index contributed by atoms with van der Waals surface area (Å²) in [6.45, 7) is 3.84. The Morgan fingerprint density at radius 2 is 2.06 bits per heavy atom. The van der Waals surface area contributed by atoms with Crippen LogP contribution in [0, 0.1) is 18.3 Å². The maximum atomic E-state index is 13.5. The van der Waals surface area contributed by atoms with Gasteiger partial charge < -0.3 is 15.8 Å². The highest BCUT2D eigenvalue weighted by atomic mass is 35.5. The summed E-state index contributed by atoms with van der Waals surface area (Å²) in [5.41, 5.74) is 8.96. The topological polar surface area (TPSA) is 115 Å². The van der Waals surface area contributed by atoms with E-state index >= 15 is 0 Å². The molecule has 4 rings (SSSR count). The van der Waals surface area contributed by atoms with Crippen molar-refractivity contribution in [1.82, 2.24) is 25.1 Å². The SMILES string of the molecule is COc1c(CCn2nc(C(F)F)c3c(N)ncnc32)cc(C#N)c(C)c1C1CNC1.Cl.Cl. The number of nitrogens with zero attached hydrogens (tertiary/aromatic N) is 5. The first kappa shape index (κ1) is 25.5. The number of anilines is 1. The first-order valence-electron chi connectivity index (χ1n) is 9.52. The molecular weight excluding hydrogens is 463 g/mol. The molecule has 0 bridgehead atoms. The van der Waals surface area contributed by atoms with Gasteiger partial charge in [0.15, 0.2) is 5.65 Å². The lowest BCUT2D eigenvalue weighted by molar-refractivity contribution is 0.146. The molecule has 12 heteroatoms. The van der Waals surface area contributed by atoms with E-state index in [1.165, 1.54) is 11.0 Å². The number of nitrogens with one attached hydrogen (secondary N) is 1. The standard InChI is InChI=1S/C20H21F2N7O.2ClH/c1-10-12(6-23)5-11(17(30-2)14(10)13-7-25-8-13)3-4-29-20-15(16(28-29)18(21)22)19(24)26-9-27-20;;/h5,9,13,18,25H,3-4,7-8H2,1-2H3,(H2,24,26,27);2*1H. The molecule has 1 fully saturated rings. The predicted octanol–water partition coefficient (Wildman–Crippen LogP) is 3.31. The van der Waals surface area contributed by atoms with Crippen LogP contribution in [0.3, 0.4) is 0 Å². The molecule has 1 aliphatic heterocycles. The summed E-state index contributed by atoms with van der Waals surface area (Å²) < 4.78 is 34.0. The van der Waals surface area contributed by atoms with Gasteiger partial charge in [-0.1, -0.05) is 0 Å². The maximum Gasteiger partial charge on any atom is 0.282 e. The van der Waals surface area contributed by atoms with E-state index in [-0.39, 0.29) is 54.1 Å². The number of aryl methyl sites for hydroxylation is 2. The molecule has 0 aliphatic carbocycles. The molecule has 32 heavy (non-hydrogen) atoms. The van der Waals surface area contributed by atoms with Crippen molar-refractivity contribution in [3.8, 4) is 11.8 Å². The minimum Gasteiger partial charge on any atom is -0.496 e. The number of rotatable bonds is 6. The van der Waals surface area contributed by atoms with Crippen molar-refractivity contribution >= 4 is 41.7 Å². The zero-order valence-corrected chi connectivity index (χ0v) is 19.1. The quantitative estimate of drug-likeness (QED) is 0.550. The summed E-state index contributed by atoms with van der Waals surface area (Å²) in [6.07, 6.45) is -1.14. The van der Waals surface area contributed by atoms with Gasteiger partial charge in [-0.05, 0) is 30.5 Å². The summed E-state index contributed by atoms with van der Waals surface area (Å²) in [4.78, 5) is 7.91. The van der Waals surface area contributed by atoms with Crippen molar-refractivity contribution in [2.45, 2.75) is 32.2 Å². The molecule has 1 aromatic carbocycles. The molecule has 8 nitrogen and oxygen atoms in total. The number of nitrogens with two attached hydrogens (primary N) is 1. The number of alkyl halides is 2. The van der Waals surface area contributed by atoms with Crippen LogP contribution in [0.4, 0.5) is 14.6 Å². The van der Waals surface area contributed by atoms with Crippen molar-refractivity contribution in [2.24, 2.45) is 0 Å². The van der Waals surface area contributed by atoms with Crippen LogP contribution in [0.5, 0.6) is 5.75 Å². The Morgan fingerprint density at radius 3 is 2.62 bits per heavy atom. The molecular formula is C20H23Cl2F2N7O. The third-order valence-corrected chi connectivity index (χ3v) is 5.56. The Labute approximate surface area is 196 Å². The summed E-state index contributed by atoms with van der Waals surface area (Å²) in [5.74, 6) is 0.981. The van der Waals surface area contributed by atoms with Crippen LogP contribution in [0.15, 0.2) is 12.4 Å². The van der Waals surface area contributed by atoms with Gasteiger partial charge in [-0.2, -0.15) is 10.4 Å². The minimum atomic E-state index is -2.79. The van der Waals surface area contributed by atoms with E-state index in [2.05, 4.69) is 26.5 Å². The number of aromatic nitrogens is 4. The first-order valence-corrected chi connectivity index (χ1v) is 9.52. The van der Waals surface area contributed by atoms with E-state index in [1.54, 1.807) is 13.2 Å². The molecule has 3 heterocycles. The number of halogens is 4. The fourth-order valence-corrected chi connectivity index (χ4v) is 3.96. The fourth-order valence-electron chi connectivity index (χ4n) is 3.96. The van der Waals surface area contributed by atoms with E-state index in [9.17, 15) is 14.0 Å². The summed E-state index contributed by atoms with van der Waals surface area (Å²) in [5, 5.41) is 16.9. The van der Waals surface area contributed by atoms with Crippen molar-refractivity contribution in [3.05, 3.63) is 40.3 Å². The summed E-state index contributed by atoms with van der Waals surface area (Å²) in [7, 11) is 1.60. The fraction of sp³-hybridized carbons (Fsp3) is 0.400. The Morgan fingerprint density at radius 1 is 1.34 bits per heavy atom. The Balaban J connectivity index is 0.00000181. The van der Waals surface area contributed by atoms with Gasteiger partial charge in [0.05, 0.1) is 24.1 Å². The van der Waals surface area contributed by atoms with Gasteiger partial charge in [0.1, 0.15) is 23.6 Å². The van der Waals surface area contributed by atoms with Gasteiger partial charge in [0.25, 0.3) is 6.43 Å². The molecule has 3 N–H and O–H groups in total. The van der Waals surface area contributed by atoms with Crippen LogP contribution < -0.4 is 15.8 Å². The van der Waals surface area contributed by atoms with Crippen LogP contribution in [-0.4, -0.2) is 39.9 Å². The lowest BCUT2D eigenvalue weighted by Gasteiger charge is -2.31. The van der Waals surface area contributed by atoms with Gasteiger partial charge in [0, 0.05) is 31.1 Å². The third-order valence-electron chi connectivity index (χ3n) is 5.56. The lowest BCUT2D eigenvalue weighted by Crippen LogP contribution is -2.40. The van der Waals surface area contributed by atoms with Crippen LogP contribution >= 0.6 is 24.8 Å². The number of nitrogen functional groups attached to an aromatic ring is 1. The highest BCUT2D eigenvalue weighted by Gasteiger charge is 2.28. The number of methoxy groups -OCH3 is 1. The predicted molar refractivity (Wildman–Crippen MR) is 121 cm³/mol. The number of hydrogen-bond acceptors (Lipinski definition) is 7. The smallest absolute Gasteiger partial charge is 0.282 e. The van der Waals surface area contributed by atoms with Crippen LogP contribution in [0.25, 0.3) is 11.0 Å². The largest absolute Gasteiger partial charge is 0.496 e. The van der Waals surface area contributed by atoms with Gasteiger partial charge in [-0.15, -0.1) is 24.8 Å². The van der Waals surface area contributed by atoms with Crippen molar-refractivity contribution < 1.29 is 13.5 Å². The van der Waals surface area contributed by atoms with Crippen LogP contribution in [0.2, 0.25) is 0 Å². The van der Waals surface area contributed by atoms with Crippen molar-refractivity contribution in [3.63, 3.8) is 0 Å². The molecule has 3 aromatic rings. The number of hydrogen-bond donors (Lipinski definition) is 2. The van der Waals surface area contributed by atoms with E-state index in [4.69, 9.17) is 10.5 Å². The number of nitriles is 1. The second kappa shape index (κ2) is 10.3. The van der Waals surface area contributed by atoms with Gasteiger partial charge in [-0.3, -0.25) is 0 Å². The highest BCUT2D eigenvalue weighted by Crippen LogP contribution is 2.37. The van der Waals surface area contributed by atoms with Crippen LogP contribution in [-0.2, 0) is 13.0 Å². The summed E-state index contributed by atoms with van der Waals surface area (Å²) in [6, 6.07) is 4.05. The monoisotopic (exact) mass is 485 g/mol. The molecule has 0 radical (unpaired) electrons. The molecule has 0 atom stereocenters. The molecule has 2 aromatic heterocycles. The van der Waals surface area contributed by atoms with Gasteiger partial charge >= 0.3 is 0 Å². The van der Waals surface area contributed by atoms with Gasteiger partial charge in [-0.25, -0.2) is 23.4 Å². The number of ether oxygens (including phenoxy) is 1. The normalized spacial score (nSPS) is 13.2. The minimum absolute atomic E-state index is 0. The van der Waals surface area contributed by atoms with Crippen LogP contribution in [0.1, 0.15) is 40.3 Å². The van der Waals surface area contributed by atoms with Crippen molar-refractivity contribution in [2.75, 3.05) is 25.9 Å². The Hall–Kier alpha value is -2.74. The molecule has 172 valence electrons. The molecule has 1 aliphatic rings. The maximum absolute atomic E-state index is 13.5. The number of fused-ring (bicyclic) bond motifs is 1. The van der Waals surface area contributed by atoms with E-state index in [0.29, 0.717) is 12.0 Å². The molecule has 1 saturated heterocycles. The van der Waals surface area contributed by atoms with E-state index < -0.39 is 12.1 Å². The molecule has 0 unspecified atom stereocenters. The first-order chi connectivity index (χ1) is 14.5. The Kier molecular flexibility index (Phi) is 8.18. The zero-order chi connectivity index (χ0) is 21.4. The number of benzene rings is 1. The molecule has 0 amide bonds. The molecule has 0 saturated carbocycles. The van der Waals surface area contributed by atoms with E-state index in [1.807, 2.05) is 6.92 Å². The Bertz CT molecular complexity index is 1160. The molecule has 0 spiro atoms. The third kappa shape index (κ3) is 4.28. The second-order valence-electron chi connectivity index (χ2n) is 7.24. The highest BCUT2D eigenvalue weighted by molar-refractivity contribution is 5.88. The summed E-state index contributed by atoms with van der Waals surface area (Å²) >= 11 is 0. The average molecular weight is 486 g/mol. The van der Waals surface area contributed by atoms with Gasteiger partial charge in [0.2, 0.25) is 0 Å². The average Bonchev–Trinajstić information content (AvgIpc) is 3.07. The van der Waals surface area contributed by atoms with Crippen molar-refractivity contribution in [1.29, 1.82) is 5.26 Å². The zero-order valence-electron chi connectivity index (χ0n) is 17.4.